The van der Waals surface area contributed by atoms with Gasteiger partial charge in [0.2, 0.25) is 0 Å². The standard InChI is InChI=1S/C16H24N2O2/c19-18(20)16-10-4-3-9-15(16)11-13-17-12-5-8-14-6-1-2-7-14/h3-4,9-10,14,17H,1-2,5-8,11-13H2. The van der Waals surface area contributed by atoms with E-state index in [4.69, 9.17) is 0 Å². The molecule has 0 bridgehead atoms. The van der Waals surface area contributed by atoms with Crippen molar-refractivity contribution in [2.24, 2.45) is 5.92 Å². The lowest BCUT2D eigenvalue weighted by molar-refractivity contribution is -0.385. The molecule has 0 atom stereocenters. The number of nitrogens with one attached hydrogen (secondary N) is 1. The first-order valence-electron chi connectivity index (χ1n) is 7.70. The van der Waals surface area contributed by atoms with Crippen LogP contribution in [0.25, 0.3) is 0 Å². The van der Waals surface area contributed by atoms with E-state index in [2.05, 4.69) is 5.32 Å². The van der Waals surface area contributed by atoms with Crippen LogP contribution in [0, 0.1) is 16.0 Å². The van der Waals surface area contributed by atoms with Crippen LogP contribution in [-0.2, 0) is 6.42 Å². The molecule has 0 saturated heterocycles. The zero-order valence-corrected chi connectivity index (χ0v) is 12.0. The topological polar surface area (TPSA) is 55.2 Å². The monoisotopic (exact) mass is 276 g/mol. The first-order valence-corrected chi connectivity index (χ1v) is 7.70. The second kappa shape index (κ2) is 8.00. The average molecular weight is 276 g/mol. The van der Waals surface area contributed by atoms with E-state index in [1.165, 1.54) is 38.5 Å². The van der Waals surface area contributed by atoms with Crippen LogP contribution in [0.5, 0.6) is 0 Å². The third kappa shape index (κ3) is 4.60. The fourth-order valence-electron chi connectivity index (χ4n) is 3.06. The Balaban J connectivity index is 1.62. The Morgan fingerprint density at radius 3 is 2.70 bits per heavy atom. The molecular formula is C16H24N2O2. The highest BCUT2D eigenvalue weighted by Gasteiger charge is 2.14. The van der Waals surface area contributed by atoms with Crippen molar-refractivity contribution < 1.29 is 4.92 Å². The minimum Gasteiger partial charge on any atom is -0.316 e. The quantitative estimate of drug-likeness (QED) is 0.447. The highest BCUT2D eigenvalue weighted by molar-refractivity contribution is 5.39. The summed E-state index contributed by atoms with van der Waals surface area (Å²) < 4.78 is 0. The molecule has 4 nitrogen and oxygen atoms in total. The molecule has 0 amide bonds. The third-order valence-electron chi connectivity index (χ3n) is 4.20. The van der Waals surface area contributed by atoms with E-state index in [9.17, 15) is 10.1 Å². The van der Waals surface area contributed by atoms with E-state index in [0.29, 0.717) is 0 Å². The number of nitrogens with zero attached hydrogens (tertiary/aromatic N) is 1. The predicted molar refractivity (Wildman–Crippen MR) is 80.9 cm³/mol. The summed E-state index contributed by atoms with van der Waals surface area (Å²) in [5.74, 6) is 0.951. The van der Waals surface area contributed by atoms with Crippen molar-refractivity contribution in [2.75, 3.05) is 13.1 Å². The van der Waals surface area contributed by atoms with E-state index in [-0.39, 0.29) is 10.6 Å². The van der Waals surface area contributed by atoms with Gasteiger partial charge in [-0.05, 0) is 38.3 Å². The first kappa shape index (κ1) is 15.0. The lowest BCUT2D eigenvalue weighted by atomic mass is 10.0. The fraction of sp³-hybridized carbons (Fsp3) is 0.625. The molecule has 1 aromatic carbocycles. The van der Waals surface area contributed by atoms with E-state index in [0.717, 1.165) is 31.0 Å². The summed E-state index contributed by atoms with van der Waals surface area (Å²) in [5, 5.41) is 14.3. The molecule has 2 rings (SSSR count). The van der Waals surface area contributed by atoms with E-state index in [1.54, 1.807) is 12.1 Å². The zero-order valence-electron chi connectivity index (χ0n) is 12.0. The van der Waals surface area contributed by atoms with Crippen LogP contribution in [-0.4, -0.2) is 18.0 Å². The van der Waals surface area contributed by atoms with Gasteiger partial charge in [-0.1, -0.05) is 43.9 Å². The SMILES string of the molecule is O=[N+]([O-])c1ccccc1CCNCCCC1CCCC1. The molecule has 0 spiro atoms. The molecule has 1 fully saturated rings. The van der Waals surface area contributed by atoms with Crippen molar-refractivity contribution in [3.8, 4) is 0 Å². The summed E-state index contributed by atoms with van der Waals surface area (Å²) >= 11 is 0. The Morgan fingerprint density at radius 2 is 1.95 bits per heavy atom. The molecule has 1 aliphatic rings. The summed E-state index contributed by atoms with van der Waals surface area (Å²) in [5.41, 5.74) is 1.06. The van der Waals surface area contributed by atoms with Gasteiger partial charge in [0.25, 0.3) is 5.69 Å². The number of rotatable bonds is 8. The molecule has 20 heavy (non-hydrogen) atoms. The molecule has 0 aromatic heterocycles. The highest BCUT2D eigenvalue weighted by atomic mass is 16.6. The second-order valence-corrected chi connectivity index (χ2v) is 5.68. The lowest BCUT2D eigenvalue weighted by Crippen LogP contribution is -2.19. The average Bonchev–Trinajstić information content (AvgIpc) is 2.96. The van der Waals surface area contributed by atoms with Crippen LogP contribution < -0.4 is 5.32 Å². The van der Waals surface area contributed by atoms with Crippen molar-refractivity contribution in [3.63, 3.8) is 0 Å². The van der Waals surface area contributed by atoms with Gasteiger partial charge >= 0.3 is 0 Å². The van der Waals surface area contributed by atoms with Gasteiger partial charge in [-0.25, -0.2) is 0 Å². The maximum atomic E-state index is 10.9. The molecule has 0 radical (unpaired) electrons. The van der Waals surface area contributed by atoms with Crippen molar-refractivity contribution >= 4 is 5.69 Å². The van der Waals surface area contributed by atoms with E-state index < -0.39 is 0 Å². The summed E-state index contributed by atoms with van der Waals surface area (Å²) in [6, 6.07) is 7.01. The van der Waals surface area contributed by atoms with Gasteiger partial charge in [-0.3, -0.25) is 10.1 Å². The van der Waals surface area contributed by atoms with Crippen LogP contribution in [0.1, 0.15) is 44.1 Å². The third-order valence-corrected chi connectivity index (χ3v) is 4.20. The molecule has 4 heteroatoms. The van der Waals surface area contributed by atoms with Crippen molar-refractivity contribution in [1.82, 2.24) is 5.32 Å². The van der Waals surface area contributed by atoms with Gasteiger partial charge < -0.3 is 5.32 Å². The largest absolute Gasteiger partial charge is 0.316 e. The van der Waals surface area contributed by atoms with Crippen molar-refractivity contribution in [3.05, 3.63) is 39.9 Å². The smallest absolute Gasteiger partial charge is 0.272 e. The lowest BCUT2D eigenvalue weighted by Gasteiger charge is -2.09. The molecule has 0 unspecified atom stereocenters. The molecule has 1 saturated carbocycles. The van der Waals surface area contributed by atoms with Gasteiger partial charge in [0.15, 0.2) is 0 Å². The number of benzene rings is 1. The predicted octanol–water partition coefficient (Wildman–Crippen LogP) is 3.70. The Labute approximate surface area is 120 Å². The second-order valence-electron chi connectivity index (χ2n) is 5.68. The zero-order chi connectivity index (χ0) is 14.2. The minimum atomic E-state index is -0.296. The maximum Gasteiger partial charge on any atom is 0.272 e. The van der Waals surface area contributed by atoms with Gasteiger partial charge in [0.05, 0.1) is 4.92 Å². The molecule has 110 valence electrons. The molecule has 0 heterocycles. The molecule has 0 aliphatic heterocycles. The van der Waals surface area contributed by atoms with Gasteiger partial charge in [0, 0.05) is 11.6 Å². The summed E-state index contributed by atoms with van der Waals surface area (Å²) in [6.45, 7) is 1.84. The van der Waals surface area contributed by atoms with Crippen LogP contribution in [0.4, 0.5) is 5.69 Å². The van der Waals surface area contributed by atoms with Gasteiger partial charge in [-0.15, -0.1) is 0 Å². The summed E-state index contributed by atoms with van der Waals surface area (Å²) in [7, 11) is 0. The number of para-hydroxylation sites is 1. The molecule has 1 aliphatic carbocycles. The van der Waals surface area contributed by atoms with E-state index in [1.807, 2.05) is 12.1 Å². The van der Waals surface area contributed by atoms with E-state index >= 15 is 0 Å². The number of nitro groups is 1. The number of nitro benzene ring substituents is 1. The Morgan fingerprint density at radius 1 is 1.20 bits per heavy atom. The molecular weight excluding hydrogens is 252 g/mol. The normalized spacial score (nSPS) is 15.6. The highest BCUT2D eigenvalue weighted by Crippen LogP contribution is 2.28. The van der Waals surface area contributed by atoms with Crippen molar-refractivity contribution in [1.29, 1.82) is 0 Å². The fourth-order valence-corrected chi connectivity index (χ4v) is 3.06. The maximum absolute atomic E-state index is 10.9. The Bertz CT molecular complexity index is 428. The summed E-state index contributed by atoms with van der Waals surface area (Å²) in [6.07, 6.45) is 8.93. The van der Waals surface area contributed by atoms with Crippen LogP contribution in [0.2, 0.25) is 0 Å². The van der Waals surface area contributed by atoms with Crippen LogP contribution in [0.3, 0.4) is 0 Å². The van der Waals surface area contributed by atoms with Gasteiger partial charge in [0.1, 0.15) is 0 Å². The number of hydrogen-bond acceptors (Lipinski definition) is 3. The first-order chi connectivity index (χ1) is 9.77. The summed E-state index contributed by atoms with van der Waals surface area (Å²) in [4.78, 5) is 10.6. The van der Waals surface area contributed by atoms with Crippen LogP contribution >= 0.6 is 0 Å². The van der Waals surface area contributed by atoms with Crippen LogP contribution in [0.15, 0.2) is 24.3 Å². The van der Waals surface area contributed by atoms with Gasteiger partial charge in [-0.2, -0.15) is 0 Å². The minimum absolute atomic E-state index is 0.236. The Kier molecular flexibility index (Phi) is 5.99. The number of hydrogen-bond donors (Lipinski definition) is 1. The molecule has 1 N–H and O–H groups in total. The Hall–Kier alpha value is -1.42. The molecule has 1 aromatic rings. The van der Waals surface area contributed by atoms with Crippen molar-refractivity contribution in [2.45, 2.75) is 44.9 Å².